The maximum absolute atomic E-state index is 9.60. The summed E-state index contributed by atoms with van der Waals surface area (Å²) >= 11 is 0. The number of hydrogen-bond acceptors (Lipinski definition) is 2. The normalized spacial score (nSPS) is 18.5. The first-order valence-corrected chi connectivity index (χ1v) is 6.80. The summed E-state index contributed by atoms with van der Waals surface area (Å²) < 4.78 is 0. The fraction of sp³-hybridized carbons (Fsp3) is 0.600. The molecule has 0 aromatic heterocycles. The molecule has 1 aliphatic rings. The van der Waals surface area contributed by atoms with E-state index in [1.165, 1.54) is 36.8 Å². The van der Waals surface area contributed by atoms with Crippen molar-refractivity contribution in [1.29, 1.82) is 0 Å². The molecule has 1 saturated carbocycles. The van der Waals surface area contributed by atoms with E-state index in [1.807, 2.05) is 0 Å². The molecule has 1 aliphatic carbocycles. The van der Waals surface area contributed by atoms with Gasteiger partial charge in [0.15, 0.2) is 0 Å². The minimum absolute atomic E-state index is 0.106. The highest BCUT2D eigenvalue weighted by Gasteiger charge is 2.20. The Morgan fingerprint density at radius 3 is 2.65 bits per heavy atom. The predicted octanol–water partition coefficient (Wildman–Crippen LogP) is 2.81. The molecule has 2 rings (SSSR count). The molecule has 1 aromatic rings. The monoisotopic (exact) mass is 233 g/mol. The fourth-order valence-electron chi connectivity index (χ4n) is 2.81. The summed E-state index contributed by atoms with van der Waals surface area (Å²) in [5.41, 5.74) is 2.61. The third-order valence-electron chi connectivity index (χ3n) is 3.79. The zero-order valence-electron chi connectivity index (χ0n) is 10.7. The number of aryl methyl sites for hydroxylation is 1. The molecule has 0 aliphatic heterocycles. The van der Waals surface area contributed by atoms with Gasteiger partial charge in [0.1, 0.15) is 0 Å². The average molecular weight is 233 g/mol. The van der Waals surface area contributed by atoms with E-state index >= 15 is 0 Å². The SMILES string of the molecule is CCc1ccccc1C(CO)NC1CCCC1. The van der Waals surface area contributed by atoms with Gasteiger partial charge in [0.2, 0.25) is 0 Å². The van der Waals surface area contributed by atoms with Crippen LogP contribution in [0.3, 0.4) is 0 Å². The van der Waals surface area contributed by atoms with Gasteiger partial charge in [0.05, 0.1) is 12.6 Å². The van der Waals surface area contributed by atoms with Crippen molar-refractivity contribution in [2.75, 3.05) is 6.61 Å². The lowest BCUT2D eigenvalue weighted by Crippen LogP contribution is -2.33. The van der Waals surface area contributed by atoms with Crippen LogP contribution in [0.15, 0.2) is 24.3 Å². The van der Waals surface area contributed by atoms with E-state index in [0.717, 1.165) is 6.42 Å². The van der Waals surface area contributed by atoms with Crippen LogP contribution in [-0.2, 0) is 6.42 Å². The smallest absolute Gasteiger partial charge is 0.0626 e. The van der Waals surface area contributed by atoms with Crippen molar-refractivity contribution in [2.45, 2.75) is 51.1 Å². The number of hydrogen-bond donors (Lipinski definition) is 2. The van der Waals surface area contributed by atoms with Crippen LogP contribution in [0.2, 0.25) is 0 Å². The first-order valence-electron chi connectivity index (χ1n) is 6.80. The molecule has 0 saturated heterocycles. The second-order valence-electron chi connectivity index (χ2n) is 4.94. The third kappa shape index (κ3) is 3.08. The Hall–Kier alpha value is -0.860. The van der Waals surface area contributed by atoms with Crippen LogP contribution >= 0.6 is 0 Å². The van der Waals surface area contributed by atoms with Gasteiger partial charge in [-0.1, -0.05) is 44.0 Å². The lowest BCUT2D eigenvalue weighted by molar-refractivity contribution is 0.232. The van der Waals surface area contributed by atoms with Crippen molar-refractivity contribution >= 4 is 0 Å². The molecule has 0 bridgehead atoms. The molecule has 1 atom stereocenters. The second kappa shape index (κ2) is 6.18. The Morgan fingerprint density at radius 1 is 1.29 bits per heavy atom. The zero-order chi connectivity index (χ0) is 12.1. The van der Waals surface area contributed by atoms with Gasteiger partial charge in [0, 0.05) is 6.04 Å². The Morgan fingerprint density at radius 2 is 2.00 bits per heavy atom. The van der Waals surface area contributed by atoms with Crippen molar-refractivity contribution in [1.82, 2.24) is 5.32 Å². The molecule has 2 heteroatoms. The molecule has 0 spiro atoms. The third-order valence-corrected chi connectivity index (χ3v) is 3.79. The molecular weight excluding hydrogens is 210 g/mol. The summed E-state index contributed by atoms with van der Waals surface area (Å²) in [5.74, 6) is 0. The van der Waals surface area contributed by atoms with E-state index in [1.54, 1.807) is 0 Å². The summed E-state index contributed by atoms with van der Waals surface area (Å²) in [6.45, 7) is 2.36. The number of nitrogens with one attached hydrogen (secondary N) is 1. The van der Waals surface area contributed by atoms with Crippen molar-refractivity contribution in [3.8, 4) is 0 Å². The van der Waals surface area contributed by atoms with Crippen LogP contribution in [-0.4, -0.2) is 17.8 Å². The standard InChI is InChI=1S/C15H23NO/c1-2-12-7-3-6-10-14(12)15(11-17)16-13-8-4-5-9-13/h3,6-7,10,13,15-17H,2,4-5,8-9,11H2,1H3. The van der Waals surface area contributed by atoms with Gasteiger partial charge in [-0.25, -0.2) is 0 Å². The maximum Gasteiger partial charge on any atom is 0.0626 e. The number of benzene rings is 1. The highest BCUT2D eigenvalue weighted by atomic mass is 16.3. The first kappa shape index (κ1) is 12.6. The summed E-state index contributed by atoms with van der Waals surface area (Å²) in [6.07, 6.45) is 6.19. The molecule has 0 radical (unpaired) electrons. The largest absolute Gasteiger partial charge is 0.394 e. The second-order valence-corrected chi connectivity index (χ2v) is 4.94. The molecule has 17 heavy (non-hydrogen) atoms. The van der Waals surface area contributed by atoms with Gasteiger partial charge in [0.25, 0.3) is 0 Å². The minimum atomic E-state index is 0.106. The zero-order valence-corrected chi connectivity index (χ0v) is 10.7. The maximum atomic E-state index is 9.60. The van der Waals surface area contributed by atoms with Crippen LogP contribution in [0.25, 0.3) is 0 Å². The summed E-state index contributed by atoms with van der Waals surface area (Å²) in [6, 6.07) is 9.14. The Bertz CT molecular complexity index is 345. The number of aliphatic hydroxyl groups excluding tert-OH is 1. The van der Waals surface area contributed by atoms with Gasteiger partial charge in [-0.3, -0.25) is 0 Å². The lowest BCUT2D eigenvalue weighted by Gasteiger charge is -2.23. The van der Waals surface area contributed by atoms with E-state index in [0.29, 0.717) is 6.04 Å². The summed E-state index contributed by atoms with van der Waals surface area (Å²) in [5, 5.41) is 13.2. The van der Waals surface area contributed by atoms with Crippen LogP contribution in [0.5, 0.6) is 0 Å². The topological polar surface area (TPSA) is 32.3 Å². The number of rotatable bonds is 5. The fourth-order valence-corrected chi connectivity index (χ4v) is 2.81. The summed E-state index contributed by atoms with van der Waals surface area (Å²) in [4.78, 5) is 0. The van der Waals surface area contributed by atoms with E-state index in [4.69, 9.17) is 0 Å². The van der Waals surface area contributed by atoms with Gasteiger partial charge >= 0.3 is 0 Å². The molecular formula is C15H23NO. The molecule has 0 heterocycles. The molecule has 2 nitrogen and oxygen atoms in total. The minimum Gasteiger partial charge on any atom is -0.394 e. The van der Waals surface area contributed by atoms with E-state index in [2.05, 4.69) is 36.5 Å². The average Bonchev–Trinajstić information content (AvgIpc) is 2.89. The van der Waals surface area contributed by atoms with Crippen LogP contribution in [0, 0.1) is 0 Å². The van der Waals surface area contributed by atoms with Gasteiger partial charge < -0.3 is 10.4 Å². The summed E-state index contributed by atoms with van der Waals surface area (Å²) in [7, 11) is 0. The highest BCUT2D eigenvalue weighted by molar-refractivity contribution is 5.30. The van der Waals surface area contributed by atoms with E-state index < -0.39 is 0 Å². The molecule has 1 fully saturated rings. The molecule has 94 valence electrons. The van der Waals surface area contributed by atoms with E-state index in [-0.39, 0.29) is 12.6 Å². The van der Waals surface area contributed by atoms with Crippen molar-refractivity contribution in [2.24, 2.45) is 0 Å². The number of aliphatic hydroxyl groups is 1. The molecule has 1 aromatic carbocycles. The van der Waals surface area contributed by atoms with E-state index in [9.17, 15) is 5.11 Å². The highest BCUT2D eigenvalue weighted by Crippen LogP contribution is 2.24. The Kier molecular flexibility index (Phi) is 4.57. The van der Waals surface area contributed by atoms with Crippen molar-refractivity contribution in [3.05, 3.63) is 35.4 Å². The molecule has 0 amide bonds. The molecule has 2 N–H and O–H groups in total. The lowest BCUT2D eigenvalue weighted by atomic mass is 9.98. The quantitative estimate of drug-likeness (QED) is 0.819. The van der Waals surface area contributed by atoms with Gasteiger partial charge in [-0.2, -0.15) is 0 Å². The first-order chi connectivity index (χ1) is 8.35. The van der Waals surface area contributed by atoms with Crippen LogP contribution < -0.4 is 5.32 Å². The Balaban J connectivity index is 2.10. The van der Waals surface area contributed by atoms with Crippen LogP contribution in [0.1, 0.15) is 49.8 Å². The Labute approximate surface area is 104 Å². The molecule has 1 unspecified atom stereocenters. The van der Waals surface area contributed by atoms with Gasteiger partial charge in [-0.05, 0) is 30.4 Å². The van der Waals surface area contributed by atoms with Crippen molar-refractivity contribution < 1.29 is 5.11 Å². The van der Waals surface area contributed by atoms with Crippen LogP contribution in [0.4, 0.5) is 0 Å². The van der Waals surface area contributed by atoms with Crippen molar-refractivity contribution in [3.63, 3.8) is 0 Å². The van der Waals surface area contributed by atoms with Gasteiger partial charge in [-0.15, -0.1) is 0 Å². The predicted molar refractivity (Wildman–Crippen MR) is 71.0 cm³/mol.